The lowest BCUT2D eigenvalue weighted by Gasteiger charge is -2.11. The number of anilines is 2. The second-order valence-electron chi connectivity index (χ2n) is 5.36. The summed E-state index contributed by atoms with van der Waals surface area (Å²) in [5, 5.41) is 5.92. The molecule has 2 aromatic heterocycles. The molecule has 1 aromatic carbocycles. The molecule has 3 aromatic rings. The number of rotatable bonds is 7. The molecular weight excluding hydrogens is 330 g/mol. The zero-order valence-corrected chi connectivity index (χ0v) is 14.3. The SMILES string of the molecule is CCOc1ccccc1Nc1nccc(C(=O)NCc2ccncc2)n1. The molecule has 0 spiro atoms. The van der Waals surface area contributed by atoms with Crippen LogP contribution in [0, 0.1) is 0 Å². The summed E-state index contributed by atoms with van der Waals surface area (Å²) in [6.45, 7) is 2.87. The maximum Gasteiger partial charge on any atom is 0.270 e. The molecule has 132 valence electrons. The van der Waals surface area contributed by atoms with Crippen molar-refractivity contribution >= 4 is 17.5 Å². The lowest BCUT2D eigenvalue weighted by atomic mass is 10.2. The lowest BCUT2D eigenvalue weighted by Crippen LogP contribution is -2.24. The Bertz CT molecular complexity index is 871. The lowest BCUT2D eigenvalue weighted by molar-refractivity contribution is 0.0946. The van der Waals surface area contributed by atoms with Gasteiger partial charge in [0, 0.05) is 25.1 Å². The molecule has 0 atom stereocenters. The number of pyridine rings is 1. The number of hydrogen-bond donors (Lipinski definition) is 2. The van der Waals surface area contributed by atoms with Gasteiger partial charge in [-0.2, -0.15) is 0 Å². The van der Waals surface area contributed by atoms with Gasteiger partial charge in [0.05, 0.1) is 12.3 Å². The average Bonchev–Trinajstić information content (AvgIpc) is 2.69. The van der Waals surface area contributed by atoms with Crippen LogP contribution in [0.5, 0.6) is 5.75 Å². The number of carbonyl (C=O) groups excluding carboxylic acids is 1. The van der Waals surface area contributed by atoms with Crippen LogP contribution in [0.15, 0.2) is 61.1 Å². The van der Waals surface area contributed by atoms with Gasteiger partial charge in [0.25, 0.3) is 5.91 Å². The van der Waals surface area contributed by atoms with Crippen molar-refractivity contribution in [2.45, 2.75) is 13.5 Å². The van der Waals surface area contributed by atoms with Crippen LogP contribution in [0.4, 0.5) is 11.6 Å². The highest BCUT2D eigenvalue weighted by Gasteiger charge is 2.10. The quantitative estimate of drug-likeness (QED) is 0.682. The normalized spacial score (nSPS) is 10.2. The van der Waals surface area contributed by atoms with Crippen LogP contribution in [0.3, 0.4) is 0 Å². The minimum absolute atomic E-state index is 0.273. The topological polar surface area (TPSA) is 89.0 Å². The zero-order chi connectivity index (χ0) is 18.2. The number of ether oxygens (including phenoxy) is 1. The predicted molar refractivity (Wildman–Crippen MR) is 98.3 cm³/mol. The smallest absolute Gasteiger partial charge is 0.270 e. The van der Waals surface area contributed by atoms with Crippen LogP contribution in [0.25, 0.3) is 0 Å². The van der Waals surface area contributed by atoms with Crippen LogP contribution in [-0.2, 0) is 6.54 Å². The number of nitrogens with zero attached hydrogens (tertiary/aromatic N) is 3. The largest absolute Gasteiger partial charge is 0.492 e. The van der Waals surface area contributed by atoms with E-state index in [-0.39, 0.29) is 11.6 Å². The summed E-state index contributed by atoms with van der Waals surface area (Å²) in [4.78, 5) is 24.7. The Labute approximate surface area is 151 Å². The van der Waals surface area contributed by atoms with E-state index < -0.39 is 0 Å². The number of aromatic nitrogens is 3. The number of carbonyl (C=O) groups is 1. The maximum atomic E-state index is 12.3. The standard InChI is InChI=1S/C19H19N5O2/c1-2-26-17-6-4-3-5-15(17)23-19-21-12-9-16(24-19)18(25)22-13-14-7-10-20-11-8-14/h3-12H,2,13H2,1H3,(H,22,25)(H,21,23,24). The van der Waals surface area contributed by atoms with Crippen molar-refractivity contribution in [2.75, 3.05) is 11.9 Å². The Kier molecular flexibility index (Phi) is 5.72. The molecule has 0 aliphatic carbocycles. The van der Waals surface area contributed by atoms with Crippen molar-refractivity contribution in [2.24, 2.45) is 0 Å². The van der Waals surface area contributed by atoms with E-state index in [4.69, 9.17) is 4.74 Å². The van der Waals surface area contributed by atoms with Crippen LogP contribution >= 0.6 is 0 Å². The summed E-state index contributed by atoms with van der Waals surface area (Å²) in [6, 6.07) is 12.8. The highest BCUT2D eigenvalue weighted by atomic mass is 16.5. The van der Waals surface area contributed by atoms with Gasteiger partial charge in [0.1, 0.15) is 11.4 Å². The molecule has 0 bridgehead atoms. The molecule has 26 heavy (non-hydrogen) atoms. The third-order valence-electron chi connectivity index (χ3n) is 3.52. The van der Waals surface area contributed by atoms with Crippen LogP contribution in [0.2, 0.25) is 0 Å². The van der Waals surface area contributed by atoms with Crippen molar-refractivity contribution < 1.29 is 9.53 Å². The molecule has 0 saturated heterocycles. The summed E-state index contributed by atoms with van der Waals surface area (Å²) in [5.41, 5.74) is 1.99. The highest BCUT2D eigenvalue weighted by Crippen LogP contribution is 2.25. The van der Waals surface area contributed by atoms with E-state index in [2.05, 4.69) is 25.6 Å². The molecule has 1 amide bonds. The molecule has 7 nitrogen and oxygen atoms in total. The third kappa shape index (κ3) is 4.54. The molecule has 0 fully saturated rings. The van der Waals surface area contributed by atoms with Gasteiger partial charge < -0.3 is 15.4 Å². The molecule has 2 heterocycles. The Morgan fingerprint density at radius 2 is 1.88 bits per heavy atom. The second kappa shape index (κ2) is 8.57. The molecule has 0 aliphatic heterocycles. The molecule has 0 unspecified atom stereocenters. The van der Waals surface area contributed by atoms with Crippen molar-refractivity contribution in [3.05, 3.63) is 72.3 Å². The first-order valence-electron chi connectivity index (χ1n) is 8.25. The van der Waals surface area contributed by atoms with E-state index in [0.717, 1.165) is 11.3 Å². The highest BCUT2D eigenvalue weighted by molar-refractivity contribution is 5.92. The Balaban J connectivity index is 1.69. The predicted octanol–water partition coefficient (Wildman–Crippen LogP) is 2.94. The first-order valence-corrected chi connectivity index (χ1v) is 8.25. The summed E-state index contributed by atoms with van der Waals surface area (Å²) < 4.78 is 5.57. The molecular formula is C19H19N5O2. The summed E-state index contributed by atoms with van der Waals surface area (Å²) in [5.74, 6) is 0.755. The molecule has 0 radical (unpaired) electrons. The van der Waals surface area contributed by atoms with Crippen molar-refractivity contribution in [3.8, 4) is 5.75 Å². The molecule has 2 N–H and O–H groups in total. The van der Waals surface area contributed by atoms with Gasteiger partial charge in [-0.25, -0.2) is 9.97 Å². The van der Waals surface area contributed by atoms with Crippen LogP contribution in [-0.4, -0.2) is 27.5 Å². The third-order valence-corrected chi connectivity index (χ3v) is 3.52. The first kappa shape index (κ1) is 17.3. The average molecular weight is 349 g/mol. The van der Waals surface area contributed by atoms with E-state index in [0.29, 0.717) is 24.8 Å². The fraction of sp³-hybridized carbons (Fsp3) is 0.158. The minimum atomic E-state index is -0.273. The van der Waals surface area contributed by atoms with Crippen molar-refractivity contribution in [1.29, 1.82) is 0 Å². The number of amides is 1. The fourth-order valence-corrected chi connectivity index (χ4v) is 2.29. The molecule has 0 aliphatic rings. The monoisotopic (exact) mass is 349 g/mol. The summed E-state index contributed by atoms with van der Waals surface area (Å²) >= 11 is 0. The van der Waals surface area contributed by atoms with Crippen molar-refractivity contribution in [1.82, 2.24) is 20.3 Å². The van der Waals surface area contributed by atoms with Crippen LogP contribution in [0.1, 0.15) is 23.0 Å². The summed E-state index contributed by atoms with van der Waals surface area (Å²) in [6.07, 6.45) is 4.91. The number of para-hydroxylation sites is 2. The Morgan fingerprint density at radius 1 is 1.08 bits per heavy atom. The van der Waals surface area contributed by atoms with Gasteiger partial charge >= 0.3 is 0 Å². The van der Waals surface area contributed by atoms with Gasteiger partial charge in [0.15, 0.2) is 0 Å². The van der Waals surface area contributed by atoms with E-state index >= 15 is 0 Å². The van der Waals surface area contributed by atoms with Crippen molar-refractivity contribution in [3.63, 3.8) is 0 Å². The van der Waals surface area contributed by atoms with Gasteiger partial charge in [0.2, 0.25) is 5.95 Å². The maximum absolute atomic E-state index is 12.3. The number of nitrogens with one attached hydrogen (secondary N) is 2. The van der Waals surface area contributed by atoms with Crippen LogP contribution < -0.4 is 15.4 Å². The van der Waals surface area contributed by atoms with Gasteiger partial charge in [-0.05, 0) is 42.8 Å². The summed E-state index contributed by atoms with van der Waals surface area (Å²) in [7, 11) is 0. The van der Waals surface area contributed by atoms with Gasteiger partial charge in [-0.15, -0.1) is 0 Å². The minimum Gasteiger partial charge on any atom is -0.492 e. The second-order valence-corrected chi connectivity index (χ2v) is 5.36. The van der Waals surface area contributed by atoms with Gasteiger partial charge in [-0.1, -0.05) is 12.1 Å². The molecule has 3 rings (SSSR count). The Hall–Kier alpha value is -3.48. The number of hydrogen-bond acceptors (Lipinski definition) is 6. The van der Waals surface area contributed by atoms with Gasteiger partial charge in [-0.3, -0.25) is 9.78 Å². The van der Waals surface area contributed by atoms with E-state index in [1.165, 1.54) is 0 Å². The first-order chi connectivity index (χ1) is 12.8. The van der Waals surface area contributed by atoms with E-state index in [1.54, 1.807) is 24.7 Å². The molecule has 0 saturated carbocycles. The molecule has 7 heteroatoms. The van der Waals surface area contributed by atoms with E-state index in [9.17, 15) is 4.79 Å². The van der Waals surface area contributed by atoms with E-state index in [1.807, 2.05) is 43.3 Å². The zero-order valence-electron chi connectivity index (χ0n) is 14.3. The fourth-order valence-electron chi connectivity index (χ4n) is 2.29. The Morgan fingerprint density at radius 3 is 2.69 bits per heavy atom. The number of benzene rings is 1.